The summed E-state index contributed by atoms with van der Waals surface area (Å²) in [6.07, 6.45) is 11.2. The number of benzene rings is 4. The molecule has 0 unspecified atom stereocenters. The summed E-state index contributed by atoms with van der Waals surface area (Å²) in [6, 6.07) is 21.4. The lowest BCUT2D eigenvalue weighted by Gasteiger charge is -2.64. The van der Waals surface area contributed by atoms with Gasteiger partial charge in [0.25, 0.3) is 0 Å². The number of esters is 3. The number of likely N-dealkylation sites (tertiary alicyclic amines) is 2. The van der Waals surface area contributed by atoms with Crippen LogP contribution < -0.4 is 19.5 Å². The van der Waals surface area contributed by atoms with Crippen molar-refractivity contribution in [2.45, 2.75) is 306 Å². The number of rotatable bonds is 20. The van der Waals surface area contributed by atoms with Crippen LogP contribution in [-0.2, 0) is 77.5 Å². The minimum absolute atomic E-state index is 0.0320. The summed E-state index contributed by atoms with van der Waals surface area (Å²) in [5.74, 6) is 4.28. The third kappa shape index (κ3) is 17.0. The third-order valence-corrected chi connectivity index (χ3v) is 28.6. The number of hydrogen-bond donors (Lipinski definition) is 1. The van der Waals surface area contributed by atoms with E-state index in [1.165, 1.54) is 19.3 Å². The summed E-state index contributed by atoms with van der Waals surface area (Å²) in [5.41, 5.74) is 6.67. The SMILES string of the molecule is CC(=O)N1CC(Oc2ccc(CCB3O[C@@H]4C[C@@H]5C[C@@H](C5(C)C)[C@]4(C)O3)c(C)c2C(=O)OC(C)(C)C)C1.Cc1c(CCB2O[C@@H]3C[C@@H]4C[C@@H](C4(C)C)[C@]3(C)O2)ccc(OC2CN(C(=O)OCc3ccccc3)C2)c1C(=O)OC(C)(C)C.Cc1c(CCB2O[C@@H]3C[C@@H]4C[C@@H](C4(C)C)[C@]3(C)O2)ccc(OC2CNC2)c1C(=O)OC(C)(C)C. The molecule has 624 valence electrons. The van der Waals surface area contributed by atoms with Crippen molar-refractivity contribution in [2.24, 2.45) is 51.8 Å². The van der Waals surface area contributed by atoms with Gasteiger partial charge in [0.2, 0.25) is 5.91 Å². The van der Waals surface area contributed by atoms with Crippen LogP contribution in [0.5, 0.6) is 17.2 Å². The Bertz CT molecular complexity index is 4310. The summed E-state index contributed by atoms with van der Waals surface area (Å²) in [7, 11) is -0.701. The molecular formula is C91H128B3N3O18. The standard InChI is InChI=1S/C35H46BNO7.C29H42BNO6.C27H40BNO5/c1-22-24(15-16-36-43-29-18-25-17-28(34(25,5)6)35(29,7)44-36)13-14-27(30(22)31(38)42-33(2,3)4)41-26-19-37(20-26)32(39)40-21-23-11-9-8-10-12-23;1-17-19(11-12-30-36-24-14-20-13-23(28(20,6)7)29(24,8)37-30)9-10-22(25(17)26(33)35-27(3,4)5)34-21-15-31(16-21)18(2)32;1-16-17(8-9-20(31-19-14-29-15-19)23(16)24(30)32-25(2,3)4)10-11-28-33-22-13-18-12-21(26(18,5)6)27(22,7)34-28/h8-14,25-26,28-29H,15-21H2,1-7H3;9-10,20-21,23-24H,11-16H2,1-8H3;8-9,18-19,21-22,29H,10-15H2,1-7H3/t25-,28-,29+,35-;20-,23-,24+,29-;18-,21-,22+,27-/m000/s1. The topological polar surface area (TPSA) is 224 Å². The van der Waals surface area contributed by atoms with Crippen molar-refractivity contribution in [1.82, 2.24) is 15.1 Å². The average Bonchev–Trinajstić information content (AvgIpc) is 1.64. The van der Waals surface area contributed by atoms with Crippen molar-refractivity contribution in [1.29, 1.82) is 0 Å². The zero-order valence-electron chi connectivity index (χ0n) is 72.7. The van der Waals surface area contributed by atoms with Crippen LogP contribution in [0, 0.1) is 72.5 Å². The van der Waals surface area contributed by atoms with Crippen molar-refractivity contribution in [2.75, 3.05) is 39.3 Å². The van der Waals surface area contributed by atoms with Crippen molar-refractivity contribution in [3.63, 3.8) is 0 Å². The number of nitrogens with zero attached hydrogens (tertiary/aromatic N) is 2. The Morgan fingerprint density at radius 3 is 1.06 bits per heavy atom. The van der Waals surface area contributed by atoms with Crippen LogP contribution >= 0.6 is 0 Å². The summed E-state index contributed by atoms with van der Waals surface area (Å²) in [5, 5.41) is 3.21. The molecule has 6 saturated heterocycles. The highest BCUT2D eigenvalue weighted by Crippen LogP contribution is 2.68. The van der Waals surface area contributed by atoms with Crippen LogP contribution in [0.3, 0.4) is 0 Å². The molecule has 4 aromatic rings. The molecule has 9 aliphatic carbocycles. The van der Waals surface area contributed by atoms with Gasteiger partial charge in [-0.2, -0.15) is 0 Å². The Morgan fingerprint density at radius 2 is 0.765 bits per heavy atom. The predicted molar refractivity (Wildman–Crippen MR) is 441 cm³/mol. The van der Waals surface area contributed by atoms with Gasteiger partial charge >= 0.3 is 45.4 Å². The van der Waals surface area contributed by atoms with Gasteiger partial charge in [-0.3, -0.25) is 4.79 Å². The minimum atomic E-state index is -0.654. The van der Waals surface area contributed by atoms with Gasteiger partial charge in [0.15, 0.2) is 0 Å². The van der Waals surface area contributed by atoms with Gasteiger partial charge in [-0.15, -0.1) is 0 Å². The van der Waals surface area contributed by atoms with Gasteiger partial charge in [0.05, 0.1) is 61.3 Å². The monoisotopic (exact) mass is 1580 g/mol. The van der Waals surface area contributed by atoms with Gasteiger partial charge in [0, 0.05) is 20.0 Å². The first-order chi connectivity index (χ1) is 53.8. The van der Waals surface area contributed by atoms with Crippen molar-refractivity contribution >= 4 is 51.3 Å². The van der Waals surface area contributed by atoms with E-state index < -0.39 is 28.7 Å². The summed E-state index contributed by atoms with van der Waals surface area (Å²) >= 11 is 0. The van der Waals surface area contributed by atoms with Crippen LogP contribution in [0.4, 0.5) is 4.79 Å². The maximum absolute atomic E-state index is 13.5. The maximum atomic E-state index is 13.5. The van der Waals surface area contributed by atoms with Crippen LogP contribution in [0.2, 0.25) is 19.0 Å². The summed E-state index contributed by atoms with van der Waals surface area (Å²) in [4.78, 5) is 67.3. The predicted octanol–water partition coefficient (Wildman–Crippen LogP) is 16.0. The van der Waals surface area contributed by atoms with E-state index in [1.807, 2.05) is 144 Å². The van der Waals surface area contributed by atoms with Crippen molar-refractivity contribution in [3.05, 3.63) is 122 Å². The molecule has 21 nitrogen and oxygen atoms in total. The average molecular weight is 1580 g/mol. The second-order valence-electron chi connectivity index (χ2n) is 40.7. The fourth-order valence-corrected chi connectivity index (χ4v) is 21.2. The van der Waals surface area contributed by atoms with E-state index in [9.17, 15) is 24.0 Å². The minimum Gasteiger partial charge on any atom is -0.487 e. The lowest BCUT2D eigenvalue weighted by atomic mass is 9.43. The quantitative estimate of drug-likeness (QED) is 0.0493. The van der Waals surface area contributed by atoms with E-state index in [1.54, 1.807) is 16.7 Å². The number of carbonyl (C=O) groups is 5. The summed E-state index contributed by atoms with van der Waals surface area (Å²) < 4.78 is 80.5. The molecule has 12 atom stereocenters. The Balaban J connectivity index is 0.000000144. The van der Waals surface area contributed by atoms with Crippen molar-refractivity contribution < 1.29 is 85.1 Å². The molecule has 0 radical (unpaired) electrons. The molecule has 19 rings (SSSR count). The van der Waals surface area contributed by atoms with Crippen LogP contribution in [0.25, 0.3) is 0 Å². The first kappa shape index (κ1) is 84.8. The fourth-order valence-electron chi connectivity index (χ4n) is 21.2. The molecule has 6 bridgehead atoms. The molecule has 24 heteroatoms. The van der Waals surface area contributed by atoms with Gasteiger partial charge < -0.3 is 76.2 Å². The van der Waals surface area contributed by atoms with Gasteiger partial charge in [-0.25, -0.2) is 19.2 Å². The Labute approximate surface area is 684 Å². The molecule has 9 saturated carbocycles. The lowest BCUT2D eigenvalue weighted by molar-refractivity contribution is -0.199. The zero-order valence-corrected chi connectivity index (χ0v) is 72.7. The zero-order chi connectivity index (χ0) is 82.8. The molecule has 115 heavy (non-hydrogen) atoms. The number of aryl methyl sites for hydroxylation is 3. The molecule has 15 fully saturated rings. The van der Waals surface area contributed by atoms with Gasteiger partial charge in [-0.05, 0) is 289 Å². The first-order valence-electron chi connectivity index (χ1n) is 42.8. The van der Waals surface area contributed by atoms with E-state index in [-0.39, 0.29) is 99.4 Å². The molecule has 6 aliphatic heterocycles. The number of amides is 2. The molecule has 2 amide bonds. The Kier molecular flexibility index (Phi) is 23.2. The first-order valence-corrected chi connectivity index (χ1v) is 42.8. The second kappa shape index (κ2) is 31.5. The van der Waals surface area contributed by atoms with E-state index in [0.717, 1.165) is 109 Å². The highest BCUT2D eigenvalue weighted by Gasteiger charge is 2.70. The normalized spacial score (nSPS) is 29.6. The number of carbonyl (C=O) groups excluding carboxylic acids is 5. The Hall–Kier alpha value is -6.66. The molecule has 1 N–H and O–H groups in total. The molecule has 6 heterocycles. The highest BCUT2D eigenvalue weighted by atomic mass is 16.7. The molecule has 0 aromatic heterocycles. The fraction of sp³-hybridized carbons (Fsp3) is 0.681. The second-order valence-corrected chi connectivity index (χ2v) is 40.7. The third-order valence-electron chi connectivity index (χ3n) is 28.6. The largest absolute Gasteiger partial charge is 0.487 e. The lowest BCUT2D eigenvalue weighted by Crippen LogP contribution is -2.65. The molecule has 0 spiro atoms. The molecular weight excluding hydrogens is 1460 g/mol. The molecule has 15 aliphatic rings. The van der Waals surface area contributed by atoms with E-state index in [0.29, 0.717) is 113 Å². The van der Waals surface area contributed by atoms with Crippen LogP contribution in [0.15, 0.2) is 66.7 Å². The van der Waals surface area contributed by atoms with Crippen LogP contribution in [-0.4, -0.2) is 171 Å². The number of nitrogens with one attached hydrogen (secondary N) is 1. The Morgan fingerprint density at radius 1 is 0.443 bits per heavy atom. The molecule has 4 aromatic carbocycles. The van der Waals surface area contributed by atoms with E-state index in [2.05, 4.69) is 73.7 Å². The number of hydrogen-bond acceptors (Lipinski definition) is 19. The van der Waals surface area contributed by atoms with Crippen LogP contribution in [0.1, 0.15) is 240 Å². The summed E-state index contributed by atoms with van der Waals surface area (Å²) in [6.45, 7) is 48.9. The van der Waals surface area contributed by atoms with E-state index >= 15 is 0 Å². The number of ether oxygens (including phenoxy) is 7. The smallest absolute Gasteiger partial charge is 0.457 e. The maximum Gasteiger partial charge on any atom is 0.457 e. The van der Waals surface area contributed by atoms with E-state index in [4.69, 9.17) is 61.1 Å². The highest BCUT2D eigenvalue weighted by molar-refractivity contribution is 6.46. The van der Waals surface area contributed by atoms with Gasteiger partial charge in [0.1, 0.15) is 75.7 Å². The van der Waals surface area contributed by atoms with Gasteiger partial charge in [-0.1, -0.05) is 90.1 Å². The van der Waals surface area contributed by atoms with Crippen molar-refractivity contribution in [3.8, 4) is 17.2 Å².